The summed E-state index contributed by atoms with van der Waals surface area (Å²) < 4.78 is 27.9. The lowest BCUT2D eigenvalue weighted by atomic mass is 10.1. The van der Waals surface area contributed by atoms with Crippen LogP contribution in [0.3, 0.4) is 0 Å². The second-order valence-electron chi connectivity index (χ2n) is 5.41. The van der Waals surface area contributed by atoms with Crippen molar-refractivity contribution in [2.45, 2.75) is 43.5 Å². The lowest BCUT2D eigenvalue weighted by Gasteiger charge is -2.18. The molecule has 114 valence electrons. The summed E-state index contributed by atoms with van der Waals surface area (Å²) in [5.74, 6) is 5.97. The Kier molecular flexibility index (Phi) is 5.40. The third-order valence-electron chi connectivity index (χ3n) is 3.80. The van der Waals surface area contributed by atoms with Crippen molar-refractivity contribution in [1.29, 1.82) is 0 Å². The number of aliphatic hydroxyl groups is 1. The number of hydrogen-bond acceptors (Lipinski definition) is 3. The first kappa shape index (κ1) is 16.0. The predicted octanol–water partition coefficient (Wildman–Crippen LogP) is 1.89. The monoisotopic (exact) mass is 307 g/mol. The fraction of sp³-hybridized carbons (Fsp3) is 0.500. The number of aliphatic hydroxyl groups excluding tert-OH is 1. The summed E-state index contributed by atoms with van der Waals surface area (Å²) in [6, 6.07) is 6.74. The molecule has 0 bridgehead atoms. The van der Waals surface area contributed by atoms with Crippen LogP contribution in [0, 0.1) is 17.8 Å². The van der Waals surface area contributed by atoms with E-state index in [1.807, 2.05) is 0 Å². The van der Waals surface area contributed by atoms with E-state index < -0.39 is 10.0 Å². The third-order valence-corrected chi connectivity index (χ3v) is 5.35. The number of hydrogen-bond donors (Lipinski definition) is 2. The van der Waals surface area contributed by atoms with E-state index in [2.05, 4.69) is 23.5 Å². The zero-order valence-corrected chi connectivity index (χ0v) is 13.0. The largest absolute Gasteiger partial charge is 0.395 e. The second-order valence-corrected chi connectivity index (χ2v) is 7.09. The van der Waals surface area contributed by atoms with Crippen molar-refractivity contribution in [2.24, 2.45) is 5.92 Å². The molecule has 0 amide bonds. The molecule has 2 unspecified atom stereocenters. The van der Waals surface area contributed by atoms with Crippen LogP contribution < -0.4 is 4.72 Å². The molecular formula is C16H21NO3S. The molecule has 2 atom stereocenters. The van der Waals surface area contributed by atoms with Crippen LogP contribution in [0.4, 0.5) is 0 Å². The van der Waals surface area contributed by atoms with Crippen molar-refractivity contribution in [3.8, 4) is 11.8 Å². The Bertz CT molecular complexity index is 643. The van der Waals surface area contributed by atoms with Crippen LogP contribution in [0.25, 0.3) is 0 Å². The maximum Gasteiger partial charge on any atom is 0.242 e. The quantitative estimate of drug-likeness (QED) is 0.835. The summed E-state index contributed by atoms with van der Waals surface area (Å²) in [7, 11) is -3.56. The normalized spacial score (nSPS) is 21.8. The van der Waals surface area contributed by atoms with E-state index in [1.165, 1.54) is 0 Å². The molecule has 5 heteroatoms. The zero-order chi connectivity index (χ0) is 15.3. The fourth-order valence-electron chi connectivity index (χ4n) is 2.60. The molecule has 1 aromatic carbocycles. The van der Waals surface area contributed by atoms with E-state index in [-0.39, 0.29) is 17.5 Å². The molecular weight excluding hydrogens is 286 g/mol. The average Bonchev–Trinajstić information content (AvgIpc) is 2.84. The van der Waals surface area contributed by atoms with Gasteiger partial charge in [-0.15, -0.1) is 0 Å². The van der Waals surface area contributed by atoms with Gasteiger partial charge in [0.25, 0.3) is 0 Å². The zero-order valence-electron chi connectivity index (χ0n) is 12.2. The Morgan fingerprint density at radius 1 is 1.33 bits per heavy atom. The molecule has 0 heterocycles. The highest BCUT2D eigenvalue weighted by atomic mass is 32.2. The minimum atomic E-state index is -3.56. The molecule has 0 aliphatic heterocycles. The molecule has 4 nitrogen and oxygen atoms in total. The Morgan fingerprint density at radius 3 is 2.76 bits per heavy atom. The molecule has 0 radical (unpaired) electrons. The summed E-state index contributed by atoms with van der Waals surface area (Å²) in [4.78, 5) is 0.217. The van der Waals surface area contributed by atoms with Gasteiger partial charge in [-0.3, -0.25) is 0 Å². The van der Waals surface area contributed by atoms with Crippen LogP contribution in [-0.4, -0.2) is 26.2 Å². The standard InChI is InChI=1S/C16H21NO3S/c1-13-7-6-10-15(13)17-21(19,20)16-11-3-2-8-14(16)9-4-5-12-18/h2-3,8,11,13,15,17-18H,5-7,10,12H2,1H3. The van der Waals surface area contributed by atoms with Crippen molar-refractivity contribution in [3.05, 3.63) is 29.8 Å². The van der Waals surface area contributed by atoms with Gasteiger partial charge >= 0.3 is 0 Å². The van der Waals surface area contributed by atoms with Crippen molar-refractivity contribution in [3.63, 3.8) is 0 Å². The molecule has 21 heavy (non-hydrogen) atoms. The molecule has 0 aromatic heterocycles. The minimum Gasteiger partial charge on any atom is -0.395 e. The van der Waals surface area contributed by atoms with Crippen molar-refractivity contribution in [2.75, 3.05) is 6.61 Å². The average molecular weight is 307 g/mol. The van der Waals surface area contributed by atoms with Gasteiger partial charge in [-0.05, 0) is 30.9 Å². The van der Waals surface area contributed by atoms with Gasteiger partial charge in [-0.2, -0.15) is 0 Å². The van der Waals surface area contributed by atoms with Gasteiger partial charge in [0.05, 0.1) is 11.5 Å². The second kappa shape index (κ2) is 7.08. The van der Waals surface area contributed by atoms with Gasteiger partial charge in [-0.25, -0.2) is 13.1 Å². The molecule has 1 fully saturated rings. The van der Waals surface area contributed by atoms with E-state index in [9.17, 15) is 8.42 Å². The Hall–Kier alpha value is -1.35. The molecule has 1 aromatic rings. The van der Waals surface area contributed by atoms with Gasteiger partial charge in [0.2, 0.25) is 10.0 Å². The van der Waals surface area contributed by atoms with Gasteiger partial charge in [-0.1, -0.05) is 37.3 Å². The van der Waals surface area contributed by atoms with Crippen LogP contribution in [0.5, 0.6) is 0 Å². The Labute approximate surface area is 126 Å². The van der Waals surface area contributed by atoms with Crippen molar-refractivity contribution in [1.82, 2.24) is 4.72 Å². The smallest absolute Gasteiger partial charge is 0.242 e. The molecule has 2 rings (SSSR count). The number of sulfonamides is 1. The first-order valence-corrected chi connectivity index (χ1v) is 8.74. The van der Waals surface area contributed by atoms with Crippen LogP contribution in [0.1, 0.15) is 38.2 Å². The Balaban J connectivity index is 2.26. The van der Waals surface area contributed by atoms with Gasteiger partial charge < -0.3 is 5.11 Å². The van der Waals surface area contributed by atoms with Crippen molar-refractivity contribution < 1.29 is 13.5 Å². The summed E-state index contributed by atoms with van der Waals surface area (Å²) in [6.07, 6.45) is 3.34. The first-order chi connectivity index (χ1) is 10.0. The van der Waals surface area contributed by atoms with E-state index >= 15 is 0 Å². The Morgan fingerprint density at radius 2 is 2.10 bits per heavy atom. The number of nitrogens with one attached hydrogen (secondary N) is 1. The molecule has 0 saturated heterocycles. The number of benzene rings is 1. The highest BCUT2D eigenvalue weighted by Gasteiger charge is 2.29. The summed E-state index contributed by atoms with van der Waals surface area (Å²) in [5.41, 5.74) is 0.476. The fourth-order valence-corrected chi connectivity index (χ4v) is 4.14. The van der Waals surface area contributed by atoms with E-state index in [4.69, 9.17) is 5.11 Å². The summed E-state index contributed by atoms with van der Waals surface area (Å²) >= 11 is 0. The molecule has 2 N–H and O–H groups in total. The van der Waals surface area contributed by atoms with Gasteiger partial charge in [0.1, 0.15) is 0 Å². The van der Waals surface area contributed by atoms with E-state index in [0.29, 0.717) is 17.9 Å². The van der Waals surface area contributed by atoms with Crippen molar-refractivity contribution >= 4 is 10.0 Å². The molecule has 1 aliphatic carbocycles. The summed E-state index contributed by atoms with van der Waals surface area (Å²) in [6.45, 7) is 2.05. The van der Waals surface area contributed by atoms with Crippen LogP contribution in [-0.2, 0) is 10.0 Å². The van der Waals surface area contributed by atoms with E-state index in [0.717, 1.165) is 19.3 Å². The first-order valence-electron chi connectivity index (χ1n) is 7.25. The highest BCUT2D eigenvalue weighted by molar-refractivity contribution is 7.89. The van der Waals surface area contributed by atoms with Gasteiger partial charge in [0.15, 0.2) is 0 Å². The van der Waals surface area contributed by atoms with E-state index in [1.54, 1.807) is 24.3 Å². The SMILES string of the molecule is CC1CCCC1NS(=O)(=O)c1ccccc1C#CCCO. The molecule has 1 saturated carbocycles. The highest BCUT2D eigenvalue weighted by Crippen LogP contribution is 2.26. The van der Waals surface area contributed by atoms with Crippen LogP contribution in [0.15, 0.2) is 29.2 Å². The maximum atomic E-state index is 12.6. The third kappa shape index (κ3) is 4.07. The maximum absolute atomic E-state index is 12.6. The van der Waals surface area contributed by atoms with Crippen LogP contribution >= 0.6 is 0 Å². The summed E-state index contributed by atoms with van der Waals surface area (Å²) in [5, 5.41) is 8.76. The van der Waals surface area contributed by atoms with Gasteiger partial charge in [0, 0.05) is 18.0 Å². The molecule has 1 aliphatic rings. The minimum absolute atomic E-state index is 0.00783. The topological polar surface area (TPSA) is 66.4 Å². The molecule has 0 spiro atoms. The lowest BCUT2D eigenvalue weighted by molar-refractivity contribution is 0.305. The lowest BCUT2D eigenvalue weighted by Crippen LogP contribution is -2.36. The van der Waals surface area contributed by atoms with Crippen LogP contribution in [0.2, 0.25) is 0 Å². The number of rotatable bonds is 4. The predicted molar refractivity (Wildman–Crippen MR) is 82.1 cm³/mol.